The number of ether oxygens (including phenoxy) is 1. The van der Waals surface area contributed by atoms with Crippen LogP contribution >= 0.6 is 0 Å². The number of hydrogen-bond donors (Lipinski definition) is 1. The molecule has 0 saturated carbocycles. The van der Waals surface area contributed by atoms with Crippen LogP contribution in [0.15, 0.2) is 18.7 Å². The molecule has 2 N–H and O–H groups in total. The summed E-state index contributed by atoms with van der Waals surface area (Å²) in [5.74, 6) is 1.01. The van der Waals surface area contributed by atoms with Gasteiger partial charge < -0.3 is 20.3 Å². The Bertz CT molecular complexity index is 1070. The normalized spacial score (nSPS) is 15.2. The van der Waals surface area contributed by atoms with Crippen LogP contribution in [-0.2, 0) is 22.6 Å². The zero-order chi connectivity index (χ0) is 22.7. The largest absolute Gasteiger partial charge is 0.383 e. The van der Waals surface area contributed by atoms with Crippen molar-refractivity contribution in [2.24, 2.45) is 5.92 Å². The fourth-order valence-corrected chi connectivity index (χ4v) is 4.13. The van der Waals surface area contributed by atoms with E-state index >= 15 is 0 Å². The van der Waals surface area contributed by atoms with Gasteiger partial charge in [-0.25, -0.2) is 14.6 Å². The van der Waals surface area contributed by atoms with Crippen molar-refractivity contribution in [1.29, 1.82) is 0 Å². The number of aromatic nitrogens is 6. The fourth-order valence-electron chi connectivity index (χ4n) is 4.13. The molecule has 11 heteroatoms. The lowest BCUT2D eigenvalue weighted by Crippen LogP contribution is -2.43. The van der Waals surface area contributed by atoms with Crippen LogP contribution in [0.25, 0.3) is 22.3 Å². The number of anilines is 1. The van der Waals surface area contributed by atoms with Crippen molar-refractivity contribution < 1.29 is 9.53 Å². The second kappa shape index (κ2) is 9.61. The first-order valence-corrected chi connectivity index (χ1v) is 10.9. The summed E-state index contributed by atoms with van der Waals surface area (Å²) in [6.45, 7) is 3.95. The minimum atomic E-state index is 0.186. The van der Waals surface area contributed by atoms with Gasteiger partial charge in [-0.2, -0.15) is 10.2 Å². The topological polar surface area (TPSA) is 120 Å². The predicted octanol–water partition coefficient (Wildman–Crippen LogP) is 0.719. The molecule has 0 aromatic carbocycles. The Morgan fingerprint density at radius 2 is 2.06 bits per heavy atom. The summed E-state index contributed by atoms with van der Waals surface area (Å²) in [6, 6.07) is 0. The number of carbonyl (C=O) groups excluding carboxylic acids is 1. The number of nitrogens with zero attached hydrogens (tertiary/aromatic N) is 8. The molecule has 0 bridgehead atoms. The highest BCUT2D eigenvalue weighted by atomic mass is 16.5. The van der Waals surface area contributed by atoms with Gasteiger partial charge in [-0.1, -0.05) is 0 Å². The highest BCUT2D eigenvalue weighted by molar-refractivity contribution is 5.98. The van der Waals surface area contributed by atoms with Crippen molar-refractivity contribution in [3.63, 3.8) is 0 Å². The predicted molar refractivity (Wildman–Crippen MR) is 121 cm³/mol. The lowest BCUT2D eigenvalue weighted by atomic mass is 9.97. The number of rotatable bonds is 8. The number of carbonyl (C=O) groups is 1. The van der Waals surface area contributed by atoms with Gasteiger partial charge in [-0.15, -0.1) is 0 Å². The van der Waals surface area contributed by atoms with E-state index in [0.717, 1.165) is 54.8 Å². The van der Waals surface area contributed by atoms with E-state index in [1.807, 2.05) is 39.5 Å². The van der Waals surface area contributed by atoms with Gasteiger partial charge in [-0.05, 0) is 32.9 Å². The number of nitrogens with two attached hydrogens (primary N) is 1. The van der Waals surface area contributed by atoms with Crippen LogP contribution < -0.4 is 5.73 Å². The molecule has 3 aromatic rings. The maximum absolute atomic E-state index is 12.3. The number of likely N-dealkylation sites (N-methyl/N-ethyl adjacent to an activating group) is 1. The number of piperidine rings is 1. The molecule has 1 aliphatic heterocycles. The van der Waals surface area contributed by atoms with Crippen LogP contribution in [0.2, 0.25) is 0 Å². The average molecular weight is 442 g/mol. The lowest BCUT2D eigenvalue weighted by molar-refractivity contribution is -0.133. The first-order valence-electron chi connectivity index (χ1n) is 10.9. The molecule has 11 nitrogen and oxygen atoms in total. The molecule has 0 aliphatic carbocycles. The Kier molecular flexibility index (Phi) is 6.66. The highest BCUT2D eigenvalue weighted by Gasteiger charge is 2.25. The summed E-state index contributed by atoms with van der Waals surface area (Å²) in [4.78, 5) is 24.9. The van der Waals surface area contributed by atoms with Gasteiger partial charge in [0.15, 0.2) is 5.65 Å². The molecule has 3 aromatic heterocycles. The zero-order valence-corrected chi connectivity index (χ0v) is 18.9. The van der Waals surface area contributed by atoms with Crippen LogP contribution in [0.4, 0.5) is 5.82 Å². The number of fused-ring (bicyclic) bond motifs is 1. The maximum Gasteiger partial charge on any atom is 0.236 e. The fraction of sp³-hybridized carbons (Fsp3) is 0.571. The summed E-state index contributed by atoms with van der Waals surface area (Å²) in [5.41, 5.74) is 8.55. The number of amides is 1. The quantitative estimate of drug-likeness (QED) is 0.543. The van der Waals surface area contributed by atoms with E-state index in [-0.39, 0.29) is 5.91 Å². The van der Waals surface area contributed by atoms with Crippen molar-refractivity contribution >= 4 is 22.8 Å². The van der Waals surface area contributed by atoms with Crippen molar-refractivity contribution in [3.8, 4) is 11.3 Å². The van der Waals surface area contributed by atoms with Crippen molar-refractivity contribution in [3.05, 3.63) is 18.7 Å². The third-order valence-electron chi connectivity index (χ3n) is 5.84. The molecule has 4 rings (SSSR count). The van der Waals surface area contributed by atoms with E-state index in [4.69, 9.17) is 15.6 Å². The van der Waals surface area contributed by atoms with Crippen LogP contribution in [0, 0.1) is 5.92 Å². The van der Waals surface area contributed by atoms with Crippen LogP contribution in [0.1, 0.15) is 12.8 Å². The van der Waals surface area contributed by atoms with Crippen LogP contribution in [-0.4, -0.2) is 92.7 Å². The second-order valence-corrected chi connectivity index (χ2v) is 8.54. The van der Waals surface area contributed by atoms with E-state index < -0.39 is 0 Å². The summed E-state index contributed by atoms with van der Waals surface area (Å²) in [7, 11) is 5.50. The summed E-state index contributed by atoms with van der Waals surface area (Å²) < 4.78 is 8.88. The summed E-state index contributed by atoms with van der Waals surface area (Å²) >= 11 is 0. The van der Waals surface area contributed by atoms with E-state index in [0.29, 0.717) is 31.4 Å². The molecule has 0 spiro atoms. The number of methoxy groups -OCH3 is 1. The molecule has 0 radical (unpaired) electrons. The Hall–Kier alpha value is -3.05. The zero-order valence-electron chi connectivity index (χ0n) is 18.9. The first kappa shape index (κ1) is 22.2. The van der Waals surface area contributed by atoms with E-state index in [1.165, 1.54) is 6.33 Å². The van der Waals surface area contributed by atoms with Gasteiger partial charge in [0, 0.05) is 38.5 Å². The molecular formula is C21H31N9O2. The monoisotopic (exact) mass is 441 g/mol. The second-order valence-electron chi connectivity index (χ2n) is 8.54. The first-order chi connectivity index (χ1) is 15.5. The standard InChI is InChI=1S/C21H31N9O2/c1-27(2)13-17(31)28-6-4-15(5-7-28)11-30-21-18(20(22)23-14-24-21)19(26-30)16-10-25-29(12-16)8-9-32-3/h10,12,14-15H,4-9,11,13H2,1-3H3,(H2,22,23,24). The molecule has 1 saturated heterocycles. The molecule has 172 valence electrons. The summed E-state index contributed by atoms with van der Waals surface area (Å²) in [5, 5.41) is 10.0. The molecule has 1 aliphatic rings. The minimum Gasteiger partial charge on any atom is -0.383 e. The molecule has 32 heavy (non-hydrogen) atoms. The molecule has 1 fully saturated rings. The molecule has 4 heterocycles. The molecular weight excluding hydrogens is 410 g/mol. The molecule has 1 amide bonds. The smallest absolute Gasteiger partial charge is 0.236 e. The van der Waals surface area contributed by atoms with Gasteiger partial charge in [-0.3, -0.25) is 9.48 Å². The lowest BCUT2D eigenvalue weighted by Gasteiger charge is -2.32. The Morgan fingerprint density at radius 3 is 2.78 bits per heavy atom. The average Bonchev–Trinajstić information content (AvgIpc) is 3.38. The molecule has 0 unspecified atom stereocenters. The SMILES string of the molecule is COCCn1cc(-c2nn(CC3CCN(C(=O)CN(C)C)CC3)c3ncnc(N)c23)cn1. The van der Waals surface area contributed by atoms with E-state index in [1.54, 1.807) is 13.3 Å². The highest BCUT2D eigenvalue weighted by Crippen LogP contribution is 2.31. The Labute approximate surface area is 187 Å². The molecule has 0 atom stereocenters. The third kappa shape index (κ3) is 4.73. The van der Waals surface area contributed by atoms with Crippen molar-refractivity contribution in [1.82, 2.24) is 39.3 Å². The Balaban J connectivity index is 1.52. The Morgan fingerprint density at radius 1 is 1.28 bits per heavy atom. The van der Waals surface area contributed by atoms with Crippen LogP contribution in [0.3, 0.4) is 0 Å². The van der Waals surface area contributed by atoms with Gasteiger partial charge in [0.1, 0.15) is 17.8 Å². The van der Waals surface area contributed by atoms with Gasteiger partial charge >= 0.3 is 0 Å². The maximum atomic E-state index is 12.3. The number of nitrogen functional groups attached to an aromatic ring is 1. The van der Waals surface area contributed by atoms with Crippen LogP contribution in [0.5, 0.6) is 0 Å². The van der Waals surface area contributed by atoms with Gasteiger partial charge in [0.25, 0.3) is 0 Å². The summed E-state index contributed by atoms with van der Waals surface area (Å²) in [6.07, 6.45) is 7.07. The van der Waals surface area contributed by atoms with Gasteiger partial charge in [0.2, 0.25) is 5.91 Å². The number of likely N-dealkylation sites (tertiary alicyclic amines) is 1. The van der Waals surface area contributed by atoms with E-state index in [9.17, 15) is 4.79 Å². The third-order valence-corrected chi connectivity index (χ3v) is 5.84. The number of hydrogen-bond acceptors (Lipinski definition) is 8. The minimum absolute atomic E-state index is 0.186. The van der Waals surface area contributed by atoms with E-state index in [2.05, 4.69) is 15.1 Å². The van der Waals surface area contributed by atoms with Crippen molar-refractivity contribution in [2.45, 2.75) is 25.9 Å². The van der Waals surface area contributed by atoms with Gasteiger partial charge in [0.05, 0.1) is 31.3 Å². The van der Waals surface area contributed by atoms with Crippen molar-refractivity contribution in [2.75, 3.05) is 53.2 Å².